The molecule has 7 nitrogen and oxygen atoms in total. The highest BCUT2D eigenvalue weighted by molar-refractivity contribution is 7.92. The highest BCUT2D eigenvalue weighted by Gasteiger charge is 2.28. The van der Waals surface area contributed by atoms with Crippen molar-refractivity contribution < 1.29 is 18.0 Å². The van der Waals surface area contributed by atoms with Gasteiger partial charge in [0.25, 0.3) is 21.8 Å². The van der Waals surface area contributed by atoms with E-state index in [9.17, 15) is 18.0 Å². The summed E-state index contributed by atoms with van der Waals surface area (Å²) >= 11 is 1.45. The van der Waals surface area contributed by atoms with Crippen molar-refractivity contribution in [2.75, 3.05) is 23.2 Å². The molecule has 0 saturated carbocycles. The Labute approximate surface area is 210 Å². The van der Waals surface area contributed by atoms with E-state index in [1.807, 2.05) is 6.07 Å². The molecule has 1 aromatic heterocycles. The predicted molar refractivity (Wildman–Crippen MR) is 140 cm³/mol. The molecule has 2 aromatic carbocycles. The second-order valence-corrected chi connectivity index (χ2v) is 11.6. The van der Waals surface area contributed by atoms with Gasteiger partial charge >= 0.3 is 0 Å². The Hall–Kier alpha value is -3.17. The molecule has 4 rings (SSSR count). The number of rotatable bonds is 7. The SMILES string of the molecule is CCN(c1ccccc1)S(=O)(=O)c1ccc(C(=O)Nc2sc3c(c2C(=O)NC)CCC(C)C3)cc1. The van der Waals surface area contributed by atoms with Crippen LogP contribution in [0.2, 0.25) is 0 Å². The van der Waals surface area contributed by atoms with Gasteiger partial charge in [0.15, 0.2) is 0 Å². The normalized spacial score (nSPS) is 15.2. The predicted octanol–water partition coefficient (Wildman–Crippen LogP) is 4.70. The van der Waals surface area contributed by atoms with Crippen molar-refractivity contribution >= 4 is 43.9 Å². The molecule has 1 unspecified atom stereocenters. The van der Waals surface area contributed by atoms with Crippen LogP contribution in [0.3, 0.4) is 0 Å². The molecule has 0 bridgehead atoms. The molecule has 0 spiro atoms. The first-order valence-electron chi connectivity index (χ1n) is 11.6. The van der Waals surface area contributed by atoms with Gasteiger partial charge in [0, 0.05) is 24.0 Å². The minimum absolute atomic E-state index is 0.103. The van der Waals surface area contributed by atoms with E-state index >= 15 is 0 Å². The Morgan fingerprint density at radius 2 is 1.74 bits per heavy atom. The first-order chi connectivity index (χ1) is 16.8. The van der Waals surface area contributed by atoms with Crippen LogP contribution >= 0.6 is 11.3 Å². The average molecular weight is 512 g/mol. The van der Waals surface area contributed by atoms with Crippen LogP contribution in [0, 0.1) is 5.92 Å². The van der Waals surface area contributed by atoms with Crippen LogP contribution in [0.5, 0.6) is 0 Å². The smallest absolute Gasteiger partial charge is 0.264 e. The molecule has 0 radical (unpaired) electrons. The molecule has 0 saturated heterocycles. The Morgan fingerprint density at radius 3 is 2.37 bits per heavy atom. The third-order valence-corrected chi connectivity index (χ3v) is 9.32. The molecule has 0 fully saturated rings. The van der Waals surface area contributed by atoms with Crippen molar-refractivity contribution in [1.82, 2.24) is 5.32 Å². The van der Waals surface area contributed by atoms with Gasteiger partial charge in [-0.2, -0.15) is 0 Å². The van der Waals surface area contributed by atoms with Crippen molar-refractivity contribution in [3.8, 4) is 0 Å². The maximum atomic E-state index is 13.2. The summed E-state index contributed by atoms with van der Waals surface area (Å²) in [5.74, 6) is -0.0641. The molecule has 2 N–H and O–H groups in total. The number of para-hydroxylation sites is 1. The number of fused-ring (bicyclic) bond motifs is 1. The Kier molecular flexibility index (Phi) is 7.28. The van der Waals surface area contributed by atoms with E-state index in [0.717, 1.165) is 29.7 Å². The first-order valence-corrected chi connectivity index (χ1v) is 13.9. The lowest BCUT2D eigenvalue weighted by molar-refractivity contribution is 0.0963. The lowest BCUT2D eigenvalue weighted by Crippen LogP contribution is -2.30. The van der Waals surface area contributed by atoms with Gasteiger partial charge in [-0.1, -0.05) is 25.1 Å². The zero-order valence-corrected chi connectivity index (χ0v) is 21.6. The van der Waals surface area contributed by atoms with Gasteiger partial charge in [0.05, 0.1) is 16.1 Å². The van der Waals surface area contributed by atoms with E-state index in [0.29, 0.717) is 27.7 Å². The average Bonchev–Trinajstić information content (AvgIpc) is 3.21. The number of amides is 2. The van der Waals surface area contributed by atoms with E-state index in [-0.39, 0.29) is 23.3 Å². The number of hydrogen-bond acceptors (Lipinski definition) is 5. The van der Waals surface area contributed by atoms with Gasteiger partial charge < -0.3 is 10.6 Å². The van der Waals surface area contributed by atoms with Crippen LogP contribution in [-0.4, -0.2) is 33.8 Å². The second-order valence-electron chi connectivity index (χ2n) is 8.62. The second kappa shape index (κ2) is 10.2. The third-order valence-electron chi connectivity index (χ3n) is 6.23. The summed E-state index contributed by atoms with van der Waals surface area (Å²) in [6.07, 6.45) is 2.71. The van der Waals surface area contributed by atoms with Crippen molar-refractivity contribution in [3.05, 3.63) is 76.2 Å². The molecular formula is C26H29N3O4S2. The molecule has 35 heavy (non-hydrogen) atoms. The van der Waals surface area contributed by atoms with Crippen LogP contribution < -0.4 is 14.9 Å². The Balaban J connectivity index is 1.58. The number of hydrogen-bond donors (Lipinski definition) is 2. The molecule has 0 aliphatic heterocycles. The molecule has 1 aliphatic carbocycles. The number of sulfonamides is 1. The molecule has 184 valence electrons. The summed E-state index contributed by atoms with van der Waals surface area (Å²) in [5, 5.41) is 6.11. The van der Waals surface area contributed by atoms with Gasteiger partial charge in [-0.25, -0.2) is 8.42 Å². The van der Waals surface area contributed by atoms with E-state index in [1.54, 1.807) is 38.2 Å². The van der Waals surface area contributed by atoms with Crippen LogP contribution in [-0.2, 0) is 22.9 Å². The lowest BCUT2D eigenvalue weighted by atomic mass is 9.88. The molecule has 3 aromatic rings. The molecule has 2 amide bonds. The topological polar surface area (TPSA) is 95.6 Å². The largest absolute Gasteiger partial charge is 0.355 e. The summed E-state index contributed by atoms with van der Waals surface area (Å²) in [6, 6.07) is 14.8. The summed E-state index contributed by atoms with van der Waals surface area (Å²) in [5.41, 5.74) is 2.45. The van der Waals surface area contributed by atoms with Gasteiger partial charge in [0.1, 0.15) is 5.00 Å². The van der Waals surface area contributed by atoms with E-state index in [1.165, 1.54) is 39.9 Å². The van der Waals surface area contributed by atoms with Gasteiger partial charge in [-0.05, 0) is 74.1 Å². The standard InChI is InChI=1S/C26H29N3O4S2/c1-4-29(19-8-6-5-7-9-19)35(32,33)20-13-11-18(12-14-20)24(30)28-26-23(25(31)27-3)21-15-10-17(2)16-22(21)34-26/h5-9,11-14,17H,4,10,15-16H2,1-3H3,(H,27,31)(H,28,30). The lowest BCUT2D eigenvalue weighted by Gasteiger charge is -2.23. The molecule has 1 heterocycles. The Bertz CT molecular complexity index is 1330. The molecule has 1 aliphatic rings. The van der Waals surface area contributed by atoms with E-state index in [4.69, 9.17) is 0 Å². The number of nitrogens with one attached hydrogen (secondary N) is 2. The molecule has 1 atom stereocenters. The monoisotopic (exact) mass is 511 g/mol. The summed E-state index contributed by atoms with van der Waals surface area (Å²) in [4.78, 5) is 26.9. The number of carbonyl (C=O) groups excluding carboxylic acids is 2. The number of carbonyl (C=O) groups is 2. The fourth-order valence-corrected chi connectivity index (χ4v) is 7.25. The molecule has 9 heteroatoms. The zero-order chi connectivity index (χ0) is 25.2. The number of anilines is 2. The quantitative estimate of drug-likeness (QED) is 0.481. The maximum absolute atomic E-state index is 13.2. The highest BCUT2D eigenvalue weighted by atomic mass is 32.2. The van der Waals surface area contributed by atoms with Crippen molar-refractivity contribution in [1.29, 1.82) is 0 Å². The van der Waals surface area contributed by atoms with E-state index in [2.05, 4.69) is 17.6 Å². The number of thiophene rings is 1. The van der Waals surface area contributed by atoms with Crippen LogP contribution in [0.1, 0.15) is 51.4 Å². The van der Waals surface area contributed by atoms with Crippen molar-refractivity contribution in [2.45, 2.75) is 38.0 Å². The van der Waals surface area contributed by atoms with E-state index < -0.39 is 10.0 Å². The summed E-state index contributed by atoms with van der Waals surface area (Å²) in [7, 11) is -2.20. The highest BCUT2D eigenvalue weighted by Crippen LogP contribution is 2.39. The fourth-order valence-electron chi connectivity index (χ4n) is 4.37. The third kappa shape index (κ3) is 4.97. The van der Waals surface area contributed by atoms with Gasteiger partial charge in [-0.3, -0.25) is 13.9 Å². The van der Waals surface area contributed by atoms with Gasteiger partial charge in [0.2, 0.25) is 0 Å². The maximum Gasteiger partial charge on any atom is 0.264 e. The summed E-state index contributed by atoms with van der Waals surface area (Å²) in [6.45, 7) is 4.24. The van der Waals surface area contributed by atoms with Gasteiger partial charge in [-0.15, -0.1) is 11.3 Å². The van der Waals surface area contributed by atoms with Crippen LogP contribution in [0.4, 0.5) is 10.7 Å². The first kappa shape index (κ1) is 24.9. The fraction of sp³-hybridized carbons (Fsp3) is 0.308. The number of benzene rings is 2. The zero-order valence-electron chi connectivity index (χ0n) is 20.0. The Morgan fingerprint density at radius 1 is 1.06 bits per heavy atom. The van der Waals surface area contributed by atoms with Crippen LogP contribution in [0.25, 0.3) is 0 Å². The van der Waals surface area contributed by atoms with Crippen molar-refractivity contribution in [3.63, 3.8) is 0 Å². The minimum atomic E-state index is -3.78. The van der Waals surface area contributed by atoms with Crippen molar-refractivity contribution in [2.24, 2.45) is 5.92 Å². The van der Waals surface area contributed by atoms with Crippen LogP contribution in [0.15, 0.2) is 59.5 Å². The minimum Gasteiger partial charge on any atom is -0.355 e. The molecular weight excluding hydrogens is 482 g/mol. The summed E-state index contributed by atoms with van der Waals surface area (Å²) < 4.78 is 27.7. The number of nitrogens with zero attached hydrogens (tertiary/aromatic N) is 1.